The summed E-state index contributed by atoms with van der Waals surface area (Å²) in [5, 5.41) is 11.3. The lowest BCUT2D eigenvalue weighted by Gasteiger charge is -2.00. The van der Waals surface area contributed by atoms with Gasteiger partial charge in [-0.2, -0.15) is 16.3 Å². The van der Waals surface area contributed by atoms with Crippen LogP contribution in [0.15, 0.2) is 41.1 Å². The molecule has 0 amide bonds. The second-order valence-corrected chi connectivity index (χ2v) is 4.81. The molecule has 0 radical (unpaired) electrons. The van der Waals surface area contributed by atoms with E-state index in [1.165, 1.54) is 12.1 Å². The van der Waals surface area contributed by atoms with Crippen LogP contribution in [0, 0.1) is 5.82 Å². The highest BCUT2D eigenvalue weighted by Gasteiger charge is 2.09. The third-order valence-corrected chi connectivity index (χ3v) is 3.31. The molecular weight excluding hydrogens is 263 g/mol. The summed E-state index contributed by atoms with van der Waals surface area (Å²) >= 11 is 1.61. The number of nitrogens with one attached hydrogen (secondary N) is 1. The second-order valence-electron chi connectivity index (χ2n) is 4.03. The van der Waals surface area contributed by atoms with Crippen LogP contribution in [0.4, 0.5) is 16.0 Å². The van der Waals surface area contributed by atoms with E-state index in [4.69, 9.17) is 0 Å². The Morgan fingerprint density at radius 2 is 2.26 bits per heavy atom. The van der Waals surface area contributed by atoms with Crippen LogP contribution in [-0.2, 0) is 7.05 Å². The van der Waals surface area contributed by atoms with Crippen molar-refractivity contribution in [1.29, 1.82) is 0 Å². The average molecular weight is 276 g/mol. The molecule has 0 aliphatic carbocycles. The quantitative estimate of drug-likeness (QED) is 0.793. The van der Waals surface area contributed by atoms with Gasteiger partial charge >= 0.3 is 0 Å². The molecule has 4 nitrogen and oxygen atoms in total. The van der Waals surface area contributed by atoms with Gasteiger partial charge in [-0.1, -0.05) is 6.07 Å². The molecule has 2 heterocycles. The number of aromatic nitrogens is 3. The van der Waals surface area contributed by atoms with Gasteiger partial charge in [0.2, 0.25) is 5.95 Å². The van der Waals surface area contributed by atoms with Crippen molar-refractivity contribution in [2.45, 2.75) is 0 Å². The van der Waals surface area contributed by atoms with Crippen LogP contribution in [0.1, 0.15) is 1.43 Å². The maximum atomic E-state index is 13.1. The van der Waals surface area contributed by atoms with Gasteiger partial charge in [0.05, 0.1) is 0 Å². The van der Waals surface area contributed by atoms with Gasteiger partial charge in [-0.3, -0.25) is 0 Å². The van der Waals surface area contributed by atoms with Crippen LogP contribution in [0.5, 0.6) is 0 Å². The fourth-order valence-corrected chi connectivity index (χ4v) is 2.41. The Bertz CT molecular complexity index is 696. The molecule has 1 N–H and O–H groups in total. The first-order valence-corrected chi connectivity index (χ1v) is 6.63. The summed E-state index contributed by atoms with van der Waals surface area (Å²) in [4.78, 5) is 4.40. The van der Waals surface area contributed by atoms with Gasteiger partial charge in [0.15, 0.2) is 5.82 Å². The topological polar surface area (TPSA) is 42.7 Å². The van der Waals surface area contributed by atoms with Crippen molar-refractivity contribution in [3.05, 3.63) is 46.9 Å². The smallest absolute Gasteiger partial charge is 0.247 e. The Morgan fingerprint density at radius 3 is 3.00 bits per heavy atom. The van der Waals surface area contributed by atoms with Crippen LogP contribution >= 0.6 is 11.3 Å². The predicted octanol–water partition coefficient (Wildman–Crippen LogP) is 3.67. The lowest BCUT2D eigenvalue weighted by Crippen LogP contribution is -1.95. The first-order valence-electron chi connectivity index (χ1n) is 5.68. The number of halogens is 1. The van der Waals surface area contributed by atoms with E-state index in [9.17, 15) is 4.39 Å². The second kappa shape index (κ2) is 4.81. The number of anilines is 2. The van der Waals surface area contributed by atoms with Crippen LogP contribution < -0.4 is 5.32 Å². The standard InChI is InChI=1S/C13H11FN4S.H2/c1-18-12(9-5-6-19-8-9)16-13(17-18)15-11-4-2-3-10(14)7-11;/h2-8H,1H3,(H,15,17);1H. The number of rotatable bonds is 3. The fraction of sp³-hybridized carbons (Fsp3) is 0.0769. The van der Waals surface area contributed by atoms with Crippen molar-refractivity contribution in [3.8, 4) is 11.4 Å². The Kier molecular flexibility index (Phi) is 3.00. The lowest BCUT2D eigenvalue weighted by molar-refractivity contribution is 0.628. The van der Waals surface area contributed by atoms with Crippen molar-refractivity contribution >= 4 is 23.0 Å². The molecule has 1 aromatic carbocycles. The molecule has 98 valence electrons. The minimum absolute atomic E-state index is 0. The molecule has 6 heteroatoms. The Balaban J connectivity index is 0.00000147. The van der Waals surface area contributed by atoms with Gasteiger partial charge in [0, 0.05) is 25.1 Å². The maximum Gasteiger partial charge on any atom is 0.247 e. The predicted molar refractivity (Wildman–Crippen MR) is 76.1 cm³/mol. The molecule has 0 atom stereocenters. The van der Waals surface area contributed by atoms with E-state index in [0.29, 0.717) is 11.6 Å². The minimum atomic E-state index is -0.293. The molecule has 3 aromatic rings. The summed E-state index contributed by atoms with van der Waals surface area (Å²) in [6.45, 7) is 0. The zero-order valence-electron chi connectivity index (χ0n) is 10.2. The van der Waals surface area contributed by atoms with Gasteiger partial charge in [0.25, 0.3) is 0 Å². The van der Waals surface area contributed by atoms with E-state index < -0.39 is 0 Å². The summed E-state index contributed by atoms with van der Waals surface area (Å²) in [7, 11) is 1.83. The highest BCUT2D eigenvalue weighted by Crippen LogP contribution is 2.22. The first kappa shape index (κ1) is 11.9. The molecule has 0 unspecified atom stereocenters. The van der Waals surface area contributed by atoms with Gasteiger partial charge in [0.1, 0.15) is 5.82 Å². The van der Waals surface area contributed by atoms with E-state index in [0.717, 1.165) is 11.4 Å². The van der Waals surface area contributed by atoms with Gasteiger partial charge in [-0.15, -0.1) is 5.10 Å². The number of benzene rings is 1. The molecule has 3 rings (SSSR count). The molecule has 0 spiro atoms. The lowest BCUT2D eigenvalue weighted by atomic mass is 10.3. The summed E-state index contributed by atoms with van der Waals surface area (Å²) in [5.74, 6) is 0.938. The van der Waals surface area contributed by atoms with Crippen LogP contribution in [0.25, 0.3) is 11.4 Å². The molecule has 2 aromatic heterocycles. The van der Waals surface area contributed by atoms with Gasteiger partial charge < -0.3 is 5.32 Å². The van der Waals surface area contributed by atoms with Crippen molar-refractivity contribution < 1.29 is 5.82 Å². The summed E-state index contributed by atoms with van der Waals surface area (Å²) in [6, 6.07) is 8.19. The van der Waals surface area contributed by atoms with Crippen molar-refractivity contribution in [2.24, 2.45) is 7.05 Å². The minimum Gasteiger partial charge on any atom is -0.323 e. The van der Waals surface area contributed by atoms with Gasteiger partial charge in [-0.05, 0) is 29.6 Å². The molecule has 19 heavy (non-hydrogen) atoms. The summed E-state index contributed by atoms with van der Waals surface area (Å²) in [5.41, 5.74) is 1.65. The Morgan fingerprint density at radius 1 is 1.37 bits per heavy atom. The zero-order chi connectivity index (χ0) is 13.2. The maximum absolute atomic E-state index is 13.1. The van der Waals surface area contributed by atoms with Gasteiger partial charge in [-0.25, -0.2) is 9.07 Å². The van der Waals surface area contributed by atoms with E-state index in [-0.39, 0.29) is 7.24 Å². The van der Waals surface area contributed by atoms with Crippen LogP contribution in [0.3, 0.4) is 0 Å². The van der Waals surface area contributed by atoms with Crippen molar-refractivity contribution in [2.75, 3.05) is 5.32 Å². The summed E-state index contributed by atoms with van der Waals surface area (Å²) in [6.07, 6.45) is 0. The number of hydrogen-bond donors (Lipinski definition) is 1. The third kappa shape index (κ3) is 2.48. The summed E-state index contributed by atoms with van der Waals surface area (Å²) < 4.78 is 14.8. The van der Waals surface area contributed by atoms with Crippen molar-refractivity contribution in [3.63, 3.8) is 0 Å². The molecule has 0 saturated carbocycles. The molecule has 0 aliphatic heterocycles. The molecule has 0 fully saturated rings. The molecule has 0 saturated heterocycles. The van der Waals surface area contributed by atoms with E-state index in [2.05, 4.69) is 15.4 Å². The third-order valence-electron chi connectivity index (χ3n) is 2.62. The highest BCUT2D eigenvalue weighted by molar-refractivity contribution is 7.08. The number of aryl methyl sites for hydroxylation is 1. The van der Waals surface area contributed by atoms with Crippen molar-refractivity contribution in [1.82, 2.24) is 14.8 Å². The van der Waals surface area contributed by atoms with Crippen LogP contribution in [-0.4, -0.2) is 14.8 Å². The SMILES string of the molecule is Cn1nc(Nc2cccc(F)c2)nc1-c1ccsc1.[HH]. The normalized spacial score (nSPS) is 10.6. The number of nitrogens with zero attached hydrogens (tertiary/aromatic N) is 3. The Hall–Kier alpha value is -2.21. The van der Waals surface area contributed by atoms with E-state index in [1.807, 2.05) is 23.9 Å². The molecule has 0 aliphatic rings. The zero-order valence-corrected chi connectivity index (χ0v) is 11.0. The molecule has 0 bridgehead atoms. The first-order chi connectivity index (χ1) is 9.22. The largest absolute Gasteiger partial charge is 0.323 e. The van der Waals surface area contributed by atoms with Crippen LogP contribution in [0.2, 0.25) is 0 Å². The van der Waals surface area contributed by atoms with E-state index in [1.54, 1.807) is 28.2 Å². The fourth-order valence-electron chi connectivity index (χ4n) is 1.78. The van der Waals surface area contributed by atoms with E-state index >= 15 is 0 Å². The molecular formula is C13H13FN4S. The average Bonchev–Trinajstić information content (AvgIpc) is 2.98. The number of hydrogen-bond acceptors (Lipinski definition) is 4. The highest BCUT2D eigenvalue weighted by atomic mass is 32.1. The number of thiophene rings is 1. The monoisotopic (exact) mass is 276 g/mol. The Labute approximate surface area is 115 Å².